The highest BCUT2D eigenvalue weighted by Gasteiger charge is 2.15. The predicted molar refractivity (Wildman–Crippen MR) is 75.3 cm³/mol. The first-order valence-electron chi connectivity index (χ1n) is 6.93. The normalized spacial score (nSPS) is 13.5. The SMILES string of the molecule is CC(C)CN(CCC(O)c1ccc(F)cn1)C(C)C. The van der Waals surface area contributed by atoms with Crippen molar-refractivity contribution in [3.8, 4) is 0 Å². The van der Waals surface area contributed by atoms with E-state index in [1.807, 2.05) is 0 Å². The number of hydrogen-bond donors (Lipinski definition) is 1. The number of hydrogen-bond acceptors (Lipinski definition) is 3. The second-order valence-electron chi connectivity index (χ2n) is 5.69. The van der Waals surface area contributed by atoms with E-state index in [-0.39, 0.29) is 5.82 Å². The average molecular weight is 268 g/mol. The molecular weight excluding hydrogens is 243 g/mol. The molecule has 0 fully saturated rings. The standard InChI is InChI=1S/C15H25FN2O/c1-11(2)10-18(12(3)4)8-7-15(19)14-6-5-13(16)9-17-14/h5-6,9,11-12,15,19H,7-8,10H2,1-4H3. The fourth-order valence-electron chi connectivity index (χ4n) is 2.05. The zero-order valence-corrected chi connectivity index (χ0v) is 12.3. The molecule has 3 nitrogen and oxygen atoms in total. The van der Waals surface area contributed by atoms with Gasteiger partial charge in [-0.3, -0.25) is 4.98 Å². The van der Waals surface area contributed by atoms with E-state index in [4.69, 9.17) is 0 Å². The summed E-state index contributed by atoms with van der Waals surface area (Å²) >= 11 is 0. The van der Waals surface area contributed by atoms with E-state index in [0.29, 0.717) is 24.1 Å². The third kappa shape index (κ3) is 5.66. The molecule has 1 aromatic heterocycles. The molecule has 0 bridgehead atoms. The van der Waals surface area contributed by atoms with Gasteiger partial charge in [-0.05, 0) is 38.3 Å². The van der Waals surface area contributed by atoms with Gasteiger partial charge in [-0.2, -0.15) is 0 Å². The Hall–Kier alpha value is -1.00. The van der Waals surface area contributed by atoms with Crippen LogP contribution < -0.4 is 0 Å². The molecule has 0 saturated carbocycles. The van der Waals surface area contributed by atoms with Crippen molar-refractivity contribution >= 4 is 0 Å². The highest BCUT2D eigenvalue weighted by molar-refractivity contribution is 5.07. The molecule has 1 atom stereocenters. The number of aliphatic hydroxyl groups is 1. The number of nitrogens with zero attached hydrogens (tertiary/aromatic N) is 2. The summed E-state index contributed by atoms with van der Waals surface area (Å²) in [6, 6.07) is 3.33. The molecule has 0 aliphatic rings. The maximum atomic E-state index is 12.8. The molecular formula is C15H25FN2O. The van der Waals surface area contributed by atoms with Crippen LogP contribution in [0.25, 0.3) is 0 Å². The van der Waals surface area contributed by atoms with Gasteiger partial charge in [-0.25, -0.2) is 4.39 Å². The van der Waals surface area contributed by atoms with Crippen molar-refractivity contribution in [2.75, 3.05) is 13.1 Å². The molecule has 4 heteroatoms. The van der Waals surface area contributed by atoms with E-state index in [1.165, 1.54) is 6.07 Å². The molecule has 1 unspecified atom stereocenters. The fraction of sp³-hybridized carbons (Fsp3) is 0.667. The Bertz CT molecular complexity index is 365. The number of pyridine rings is 1. The minimum absolute atomic E-state index is 0.375. The van der Waals surface area contributed by atoms with Gasteiger partial charge in [0.2, 0.25) is 0 Å². The third-order valence-corrected chi connectivity index (χ3v) is 3.11. The highest BCUT2D eigenvalue weighted by Crippen LogP contribution is 2.16. The first kappa shape index (κ1) is 16.1. The molecule has 19 heavy (non-hydrogen) atoms. The highest BCUT2D eigenvalue weighted by atomic mass is 19.1. The fourth-order valence-corrected chi connectivity index (χ4v) is 2.05. The second-order valence-corrected chi connectivity index (χ2v) is 5.69. The summed E-state index contributed by atoms with van der Waals surface area (Å²) in [6.45, 7) is 10.5. The summed E-state index contributed by atoms with van der Waals surface area (Å²) < 4.78 is 12.8. The molecule has 0 aliphatic carbocycles. The molecule has 1 N–H and O–H groups in total. The van der Waals surface area contributed by atoms with E-state index in [0.717, 1.165) is 19.3 Å². The van der Waals surface area contributed by atoms with Gasteiger partial charge in [0.25, 0.3) is 0 Å². The van der Waals surface area contributed by atoms with E-state index in [2.05, 4.69) is 37.6 Å². The summed E-state index contributed by atoms with van der Waals surface area (Å²) in [4.78, 5) is 6.26. The molecule has 0 amide bonds. The van der Waals surface area contributed by atoms with Gasteiger partial charge in [0, 0.05) is 19.1 Å². The number of halogens is 1. The molecule has 0 aliphatic heterocycles. The Morgan fingerprint density at radius 2 is 1.95 bits per heavy atom. The van der Waals surface area contributed by atoms with Gasteiger partial charge in [-0.1, -0.05) is 13.8 Å². The molecule has 0 aromatic carbocycles. The summed E-state index contributed by atoms with van der Waals surface area (Å²) in [5.74, 6) is 0.225. The lowest BCUT2D eigenvalue weighted by Gasteiger charge is -2.29. The van der Waals surface area contributed by atoms with Crippen LogP contribution in [0.1, 0.15) is 45.9 Å². The smallest absolute Gasteiger partial charge is 0.141 e. The first-order valence-corrected chi connectivity index (χ1v) is 6.93. The van der Waals surface area contributed by atoms with Crippen LogP contribution in [-0.2, 0) is 0 Å². The Balaban J connectivity index is 2.51. The van der Waals surface area contributed by atoms with Crippen molar-refractivity contribution in [1.82, 2.24) is 9.88 Å². The minimum atomic E-state index is -0.631. The molecule has 0 saturated heterocycles. The Morgan fingerprint density at radius 1 is 1.26 bits per heavy atom. The van der Waals surface area contributed by atoms with Crippen LogP contribution in [0.15, 0.2) is 18.3 Å². The quantitative estimate of drug-likeness (QED) is 0.826. The van der Waals surface area contributed by atoms with Gasteiger partial charge in [-0.15, -0.1) is 0 Å². The van der Waals surface area contributed by atoms with Crippen LogP contribution in [0, 0.1) is 11.7 Å². The van der Waals surface area contributed by atoms with Crippen LogP contribution in [-0.4, -0.2) is 34.1 Å². The zero-order valence-electron chi connectivity index (χ0n) is 12.3. The summed E-state index contributed by atoms with van der Waals surface area (Å²) in [6.07, 6.45) is 1.13. The third-order valence-electron chi connectivity index (χ3n) is 3.11. The maximum Gasteiger partial charge on any atom is 0.141 e. The van der Waals surface area contributed by atoms with Gasteiger partial charge in [0.15, 0.2) is 0 Å². The van der Waals surface area contributed by atoms with Crippen molar-refractivity contribution in [3.05, 3.63) is 29.8 Å². The van der Waals surface area contributed by atoms with Gasteiger partial charge < -0.3 is 10.0 Å². The van der Waals surface area contributed by atoms with Crippen molar-refractivity contribution in [3.63, 3.8) is 0 Å². The summed E-state index contributed by atoms with van der Waals surface area (Å²) in [5, 5.41) is 10.1. The lowest BCUT2D eigenvalue weighted by atomic mass is 10.1. The van der Waals surface area contributed by atoms with Crippen LogP contribution in [0.5, 0.6) is 0 Å². The van der Waals surface area contributed by atoms with Gasteiger partial charge in [0.1, 0.15) is 5.82 Å². The molecule has 0 spiro atoms. The Kier molecular flexibility index (Phi) is 6.38. The Morgan fingerprint density at radius 3 is 2.42 bits per heavy atom. The summed E-state index contributed by atoms with van der Waals surface area (Å²) in [5.41, 5.74) is 0.537. The predicted octanol–water partition coefficient (Wildman–Crippen LogP) is 3.01. The lowest BCUT2D eigenvalue weighted by molar-refractivity contribution is 0.120. The van der Waals surface area contributed by atoms with Gasteiger partial charge in [0.05, 0.1) is 18.0 Å². The lowest BCUT2D eigenvalue weighted by Crippen LogP contribution is -2.35. The van der Waals surface area contributed by atoms with Crippen LogP contribution in [0.4, 0.5) is 4.39 Å². The van der Waals surface area contributed by atoms with Crippen LogP contribution in [0.2, 0.25) is 0 Å². The molecule has 1 heterocycles. The first-order chi connectivity index (χ1) is 8.90. The number of aliphatic hydroxyl groups excluding tert-OH is 1. The summed E-state index contributed by atoms with van der Waals surface area (Å²) in [7, 11) is 0. The van der Waals surface area contributed by atoms with E-state index in [9.17, 15) is 9.50 Å². The molecule has 0 radical (unpaired) electrons. The Labute approximate surface area is 115 Å². The van der Waals surface area contributed by atoms with Crippen molar-refractivity contribution in [2.24, 2.45) is 5.92 Å². The van der Waals surface area contributed by atoms with E-state index < -0.39 is 6.10 Å². The minimum Gasteiger partial charge on any atom is -0.387 e. The second kappa shape index (κ2) is 7.56. The van der Waals surface area contributed by atoms with E-state index >= 15 is 0 Å². The van der Waals surface area contributed by atoms with Crippen molar-refractivity contribution < 1.29 is 9.50 Å². The van der Waals surface area contributed by atoms with Crippen molar-refractivity contribution in [1.29, 1.82) is 0 Å². The number of rotatable bonds is 7. The maximum absolute atomic E-state index is 12.8. The van der Waals surface area contributed by atoms with E-state index in [1.54, 1.807) is 6.07 Å². The van der Waals surface area contributed by atoms with Gasteiger partial charge >= 0.3 is 0 Å². The zero-order chi connectivity index (χ0) is 14.4. The number of aromatic nitrogens is 1. The average Bonchev–Trinajstić information content (AvgIpc) is 2.34. The topological polar surface area (TPSA) is 36.4 Å². The van der Waals surface area contributed by atoms with Crippen molar-refractivity contribution in [2.45, 2.75) is 46.3 Å². The molecule has 1 rings (SSSR count). The van der Waals surface area contributed by atoms with Crippen LogP contribution >= 0.6 is 0 Å². The largest absolute Gasteiger partial charge is 0.387 e. The molecule has 108 valence electrons. The molecule has 1 aromatic rings. The monoisotopic (exact) mass is 268 g/mol. The van der Waals surface area contributed by atoms with Crippen LogP contribution in [0.3, 0.4) is 0 Å².